The van der Waals surface area contributed by atoms with E-state index in [4.69, 9.17) is 9.47 Å². The Bertz CT molecular complexity index is 1310. The zero-order chi connectivity index (χ0) is 29.5. The van der Waals surface area contributed by atoms with E-state index in [1.165, 1.54) is 18.9 Å². The number of amides is 2. The van der Waals surface area contributed by atoms with Gasteiger partial charge in [0.15, 0.2) is 6.04 Å². The van der Waals surface area contributed by atoms with Crippen molar-refractivity contribution in [3.8, 4) is 11.1 Å². The standard InChI is InChI=1S/C33H38N2O6/c1-5-21(2)30(31(37)34-29(22(3)36)32(38)40-19-23-13-7-6-8-14-23)35(4)33(39)41-20-28-26-17-11-9-15-24(26)25-16-10-12-18-27(25)28/h6-18,21-22,28-30,36H,5,19-20H2,1-4H3,(H,34,37)/t21-,22+,29-,30-/m0/s1. The van der Waals surface area contributed by atoms with Crippen molar-refractivity contribution in [3.05, 3.63) is 95.6 Å². The lowest BCUT2D eigenvalue weighted by molar-refractivity contribution is -0.152. The Labute approximate surface area is 241 Å². The summed E-state index contributed by atoms with van der Waals surface area (Å²) in [4.78, 5) is 40.9. The molecule has 3 aromatic carbocycles. The molecule has 3 aromatic rings. The minimum atomic E-state index is -1.30. The number of ether oxygens (including phenoxy) is 2. The molecule has 0 fully saturated rings. The first-order chi connectivity index (χ1) is 19.7. The number of esters is 1. The van der Waals surface area contributed by atoms with Gasteiger partial charge in [-0.15, -0.1) is 0 Å². The van der Waals surface area contributed by atoms with Gasteiger partial charge in [-0.1, -0.05) is 99.1 Å². The van der Waals surface area contributed by atoms with Gasteiger partial charge in [-0.3, -0.25) is 9.69 Å². The van der Waals surface area contributed by atoms with Gasteiger partial charge in [-0.2, -0.15) is 0 Å². The molecule has 41 heavy (non-hydrogen) atoms. The van der Waals surface area contributed by atoms with Crippen LogP contribution in [-0.4, -0.2) is 59.8 Å². The summed E-state index contributed by atoms with van der Waals surface area (Å²) in [5, 5.41) is 12.9. The first kappa shape index (κ1) is 29.8. The van der Waals surface area contributed by atoms with Gasteiger partial charge in [0.25, 0.3) is 0 Å². The van der Waals surface area contributed by atoms with Crippen LogP contribution in [0, 0.1) is 5.92 Å². The van der Waals surface area contributed by atoms with Crippen LogP contribution in [0.3, 0.4) is 0 Å². The first-order valence-corrected chi connectivity index (χ1v) is 14.0. The van der Waals surface area contributed by atoms with E-state index in [2.05, 4.69) is 17.4 Å². The summed E-state index contributed by atoms with van der Waals surface area (Å²) in [6.45, 7) is 5.29. The Balaban J connectivity index is 1.43. The highest BCUT2D eigenvalue weighted by atomic mass is 16.6. The summed E-state index contributed by atoms with van der Waals surface area (Å²) >= 11 is 0. The number of hydrogen-bond donors (Lipinski definition) is 2. The smallest absolute Gasteiger partial charge is 0.410 e. The largest absolute Gasteiger partial charge is 0.459 e. The molecule has 1 aliphatic carbocycles. The SMILES string of the molecule is CC[C@H](C)[C@@H](C(=O)N[C@H](C(=O)OCc1ccccc1)[C@@H](C)O)N(C)C(=O)OCC1c2ccccc2-c2ccccc21. The second-order valence-corrected chi connectivity index (χ2v) is 10.6. The van der Waals surface area contributed by atoms with Crippen LogP contribution < -0.4 is 5.32 Å². The third-order valence-electron chi connectivity index (χ3n) is 7.75. The molecule has 0 saturated heterocycles. The summed E-state index contributed by atoms with van der Waals surface area (Å²) < 4.78 is 11.1. The van der Waals surface area contributed by atoms with Gasteiger partial charge >= 0.3 is 12.1 Å². The number of nitrogens with zero attached hydrogens (tertiary/aromatic N) is 1. The quantitative estimate of drug-likeness (QED) is 0.325. The number of nitrogens with one attached hydrogen (secondary N) is 1. The van der Waals surface area contributed by atoms with Crippen molar-refractivity contribution in [1.29, 1.82) is 0 Å². The van der Waals surface area contributed by atoms with Crippen molar-refractivity contribution in [2.45, 2.75) is 57.9 Å². The molecule has 8 heteroatoms. The maximum absolute atomic E-state index is 13.5. The van der Waals surface area contributed by atoms with Crippen LogP contribution in [0.5, 0.6) is 0 Å². The minimum absolute atomic E-state index is 0.00715. The number of carbonyl (C=O) groups is 3. The van der Waals surface area contributed by atoms with E-state index in [9.17, 15) is 19.5 Å². The Kier molecular flexibility index (Phi) is 9.78. The molecule has 0 saturated carbocycles. The number of fused-ring (bicyclic) bond motifs is 3. The van der Waals surface area contributed by atoms with Crippen LogP contribution in [0.25, 0.3) is 11.1 Å². The number of likely N-dealkylation sites (N-methyl/N-ethyl adjacent to an activating group) is 1. The Morgan fingerprint density at radius 1 is 0.878 bits per heavy atom. The Hall–Kier alpha value is -4.17. The molecule has 4 rings (SSSR count). The van der Waals surface area contributed by atoms with Crippen molar-refractivity contribution < 1.29 is 29.0 Å². The highest BCUT2D eigenvalue weighted by Gasteiger charge is 2.37. The molecule has 0 aliphatic heterocycles. The van der Waals surface area contributed by atoms with E-state index in [0.29, 0.717) is 6.42 Å². The lowest BCUT2D eigenvalue weighted by atomic mass is 9.96. The molecule has 216 valence electrons. The van der Waals surface area contributed by atoms with Gasteiger partial charge in [0.2, 0.25) is 5.91 Å². The van der Waals surface area contributed by atoms with Gasteiger partial charge in [0.05, 0.1) is 6.10 Å². The predicted molar refractivity (Wildman–Crippen MR) is 156 cm³/mol. The Morgan fingerprint density at radius 2 is 1.44 bits per heavy atom. The Morgan fingerprint density at radius 3 is 2.00 bits per heavy atom. The fourth-order valence-electron chi connectivity index (χ4n) is 5.28. The molecule has 0 heterocycles. The molecule has 8 nitrogen and oxygen atoms in total. The third-order valence-corrected chi connectivity index (χ3v) is 7.75. The van der Waals surface area contributed by atoms with Gasteiger partial charge < -0.3 is 19.9 Å². The lowest BCUT2D eigenvalue weighted by Crippen LogP contribution is -2.57. The summed E-state index contributed by atoms with van der Waals surface area (Å²) in [5.74, 6) is -1.70. The van der Waals surface area contributed by atoms with Crippen LogP contribution in [-0.2, 0) is 25.7 Å². The summed E-state index contributed by atoms with van der Waals surface area (Å²) in [5.41, 5.74) is 5.21. The van der Waals surface area contributed by atoms with Crippen LogP contribution in [0.15, 0.2) is 78.9 Å². The normalized spacial score (nSPS) is 15.0. The van der Waals surface area contributed by atoms with Gasteiger partial charge in [0.1, 0.15) is 19.3 Å². The summed E-state index contributed by atoms with van der Waals surface area (Å²) in [6.07, 6.45) is -1.26. The lowest BCUT2D eigenvalue weighted by Gasteiger charge is -2.32. The van der Waals surface area contributed by atoms with E-state index < -0.39 is 36.2 Å². The molecular formula is C33H38N2O6. The van der Waals surface area contributed by atoms with Gasteiger partial charge in [-0.05, 0) is 40.7 Å². The number of aliphatic hydroxyl groups is 1. The van der Waals surface area contributed by atoms with Crippen molar-refractivity contribution in [2.24, 2.45) is 5.92 Å². The summed E-state index contributed by atoms with van der Waals surface area (Å²) in [7, 11) is 1.51. The monoisotopic (exact) mass is 558 g/mol. The van der Waals surface area contributed by atoms with Gasteiger partial charge in [0, 0.05) is 13.0 Å². The molecular weight excluding hydrogens is 520 g/mol. The molecule has 2 amide bonds. The molecule has 0 bridgehead atoms. The molecule has 0 unspecified atom stereocenters. The zero-order valence-corrected chi connectivity index (χ0v) is 23.9. The van der Waals surface area contributed by atoms with E-state index in [0.717, 1.165) is 27.8 Å². The van der Waals surface area contributed by atoms with Crippen molar-refractivity contribution in [1.82, 2.24) is 10.2 Å². The average Bonchev–Trinajstić information content (AvgIpc) is 3.31. The molecule has 4 atom stereocenters. The molecule has 2 N–H and O–H groups in total. The molecule has 0 aromatic heterocycles. The highest BCUT2D eigenvalue weighted by Crippen LogP contribution is 2.44. The van der Waals surface area contributed by atoms with E-state index in [-0.39, 0.29) is 25.0 Å². The molecule has 0 spiro atoms. The van der Waals surface area contributed by atoms with E-state index >= 15 is 0 Å². The van der Waals surface area contributed by atoms with Crippen molar-refractivity contribution >= 4 is 18.0 Å². The van der Waals surface area contributed by atoms with Crippen LogP contribution >= 0.6 is 0 Å². The average molecular weight is 559 g/mol. The minimum Gasteiger partial charge on any atom is -0.459 e. The first-order valence-electron chi connectivity index (χ1n) is 14.0. The number of carbonyl (C=O) groups excluding carboxylic acids is 3. The maximum atomic E-state index is 13.5. The summed E-state index contributed by atoms with van der Waals surface area (Å²) in [6, 6.07) is 23.0. The van der Waals surface area contributed by atoms with E-state index in [1.54, 1.807) is 0 Å². The second kappa shape index (κ2) is 13.5. The maximum Gasteiger partial charge on any atom is 0.410 e. The highest BCUT2D eigenvalue weighted by molar-refractivity contribution is 5.90. The van der Waals surface area contributed by atoms with Crippen LogP contribution in [0.1, 0.15) is 49.8 Å². The van der Waals surface area contributed by atoms with Crippen LogP contribution in [0.4, 0.5) is 4.79 Å². The molecule has 1 aliphatic rings. The van der Waals surface area contributed by atoms with Crippen LogP contribution in [0.2, 0.25) is 0 Å². The zero-order valence-electron chi connectivity index (χ0n) is 23.9. The van der Waals surface area contributed by atoms with Crippen molar-refractivity contribution in [3.63, 3.8) is 0 Å². The predicted octanol–water partition coefficient (Wildman–Crippen LogP) is 4.89. The number of benzene rings is 3. The molecule has 0 radical (unpaired) electrons. The topological polar surface area (TPSA) is 105 Å². The van der Waals surface area contributed by atoms with Gasteiger partial charge in [-0.25, -0.2) is 9.59 Å². The fraction of sp³-hybridized carbons (Fsp3) is 0.364. The fourth-order valence-corrected chi connectivity index (χ4v) is 5.28. The number of aliphatic hydroxyl groups excluding tert-OH is 1. The third kappa shape index (κ3) is 6.77. The van der Waals surface area contributed by atoms with E-state index in [1.807, 2.05) is 80.6 Å². The van der Waals surface area contributed by atoms with Crippen molar-refractivity contribution in [2.75, 3.05) is 13.7 Å². The number of rotatable bonds is 11. The second-order valence-electron chi connectivity index (χ2n) is 10.6. The number of hydrogen-bond acceptors (Lipinski definition) is 6.